The molecule has 0 fully saturated rings. The molecule has 0 aliphatic carbocycles. The zero-order valence-electron chi connectivity index (χ0n) is 14.3. The standard InChI is InChI=1S/C16H27NO6/c1-5-8-21-9-7-17-16(20)23-15(11-14(19)6-2)10-12(3)22-13(4)18/h12,14-15,19H,6-7,9-11H2,1-4H3,(H,17,20). The number of ether oxygens (including phenoxy) is 3. The Morgan fingerprint density at radius 1 is 1.26 bits per heavy atom. The molecule has 23 heavy (non-hydrogen) atoms. The van der Waals surface area contributed by atoms with Crippen LogP contribution in [-0.4, -0.2) is 48.6 Å². The number of carbonyl (C=O) groups excluding carboxylic acids is 2. The van der Waals surface area contributed by atoms with Gasteiger partial charge in [-0.25, -0.2) is 4.79 Å². The summed E-state index contributed by atoms with van der Waals surface area (Å²) in [4.78, 5) is 22.7. The maximum Gasteiger partial charge on any atom is 0.407 e. The first kappa shape index (κ1) is 21.1. The molecule has 0 saturated heterocycles. The summed E-state index contributed by atoms with van der Waals surface area (Å²) in [6.07, 6.45) is 1.43. The highest BCUT2D eigenvalue weighted by atomic mass is 16.6. The molecule has 132 valence electrons. The van der Waals surface area contributed by atoms with E-state index in [0.29, 0.717) is 12.8 Å². The van der Waals surface area contributed by atoms with Crippen molar-refractivity contribution < 1.29 is 28.9 Å². The molecule has 7 nitrogen and oxygen atoms in total. The summed E-state index contributed by atoms with van der Waals surface area (Å²) in [7, 11) is 0. The minimum atomic E-state index is -0.610. The predicted molar refractivity (Wildman–Crippen MR) is 84.4 cm³/mol. The highest BCUT2D eigenvalue weighted by Crippen LogP contribution is 2.14. The Hall–Kier alpha value is -1.94. The van der Waals surface area contributed by atoms with Crippen molar-refractivity contribution in [2.24, 2.45) is 0 Å². The van der Waals surface area contributed by atoms with Crippen LogP contribution in [0.3, 0.4) is 0 Å². The summed E-state index contributed by atoms with van der Waals surface area (Å²) in [5.41, 5.74) is 0. The van der Waals surface area contributed by atoms with Crippen LogP contribution < -0.4 is 5.32 Å². The zero-order valence-corrected chi connectivity index (χ0v) is 14.3. The molecule has 3 atom stereocenters. The van der Waals surface area contributed by atoms with Gasteiger partial charge in [0.2, 0.25) is 0 Å². The van der Waals surface area contributed by atoms with Crippen LogP contribution in [0.15, 0.2) is 0 Å². The van der Waals surface area contributed by atoms with Gasteiger partial charge < -0.3 is 24.6 Å². The van der Waals surface area contributed by atoms with Crippen LogP contribution in [-0.2, 0) is 19.0 Å². The van der Waals surface area contributed by atoms with Gasteiger partial charge in [0.05, 0.1) is 12.6 Å². The lowest BCUT2D eigenvalue weighted by Crippen LogP contribution is -2.34. The first-order valence-corrected chi connectivity index (χ1v) is 7.72. The predicted octanol–water partition coefficient (Wildman–Crippen LogP) is 1.58. The zero-order chi connectivity index (χ0) is 17.7. The molecule has 0 aromatic rings. The van der Waals surface area contributed by atoms with E-state index in [1.54, 1.807) is 13.8 Å². The average molecular weight is 329 g/mol. The molecule has 1 amide bonds. The van der Waals surface area contributed by atoms with Crippen LogP contribution in [0.2, 0.25) is 0 Å². The molecule has 2 N–H and O–H groups in total. The summed E-state index contributed by atoms with van der Waals surface area (Å²) in [5.74, 6) is 2.17. The lowest BCUT2D eigenvalue weighted by Gasteiger charge is -2.23. The number of nitrogens with one attached hydrogen (secondary N) is 1. The van der Waals surface area contributed by atoms with Gasteiger partial charge in [-0.1, -0.05) is 12.8 Å². The van der Waals surface area contributed by atoms with Gasteiger partial charge in [0, 0.05) is 26.7 Å². The van der Waals surface area contributed by atoms with Crippen molar-refractivity contribution in [3.05, 3.63) is 0 Å². The van der Waals surface area contributed by atoms with E-state index in [0.717, 1.165) is 0 Å². The van der Waals surface area contributed by atoms with Crippen molar-refractivity contribution >= 4 is 12.1 Å². The first-order chi connectivity index (χ1) is 10.9. The molecule has 7 heteroatoms. The first-order valence-electron chi connectivity index (χ1n) is 7.72. The third kappa shape index (κ3) is 12.3. The maximum atomic E-state index is 11.7. The second-order valence-corrected chi connectivity index (χ2v) is 5.11. The Bertz CT molecular complexity index is 415. The van der Waals surface area contributed by atoms with Gasteiger partial charge >= 0.3 is 12.1 Å². The number of alkyl carbamates (subject to hydrolysis) is 1. The fourth-order valence-electron chi connectivity index (χ4n) is 1.88. The van der Waals surface area contributed by atoms with E-state index in [9.17, 15) is 14.7 Å². The van der Waals surface area contributed by atoms with Crippen LogP contribution in [0.5, 0.6) is 0 Å². The van der Waals surface area contributed by atoms with Crippen LogP contribution in [0.25, 0.3) is 0 Å². The van der Waals surface area contributed by atoms with E-state index in [1.165, 1.54) is 6.92 Å². The number of esters is 1. The normalized spacial score (nSPS) is 13.8. The Balaban J connectivity index is 4.34. The van der Waals surface area contributed by atoms with Gasteiger partial charge in [0.25, 0.3) is 0 Å². The molecule has 0 aromatic heterocycles. The second-order valence-electron chi connectivity index (χ2n) is 5.11. The number of aliphatic hydroxyl groups excluding tert-OH is 1. The summed E-state index contributed by atoms with van der Waals surface area (Å²) in [5, 5.41) is 12.3. The molecule has 0 aromatic carbocycles. The molecule has 0 rings (SSSR count). The molecule has 0 spiro atoms. The molecule has 0 radical (unpaired) electrons. The van der Waals surface area contributed by atoms with Gasteiger partial charge in [-0.2, -0.15) is 0 Å². The Morgan fingerprint density at radius 3 is 2.52 bits per heavy atom. The van der Waals surface area contributed by atoms with Gasteiger partial charge in [0.1, 0.15) is 24.9 Å². The Labute approximate surface area is 137 Å². The third-order valence-corrected chi connectivity index (χ3v) is 2.89. The molecular formula is C16H27NO6. The topological polar surface area (TPSA) is 94.1 Å². The summed E-state index contributed by atoms with van der Waals surface area (Å²) in [6.45, 7) is 7.03. The summed E-state index contributed by atoms with van der Waals surface area (Å²) < 4.78 is 15.2. The van der Waals surface area contributed by atoms with Gasteiger partial charge in [-0.05, 0) is 13.3 Å². The van der Waals surface area contributed by atoms with Crippen LogP contribution >= 0.6 is 0 Å². The monoisotopic (exact) mass is 329 g/mol. The van der Waals surface area contributed by atoms with Crippen LogP contribution in [0.1, 0.15) is 47.0 Å². The van der Waals surface area contributed by atoms with Gasteiger partial charge in [-0.3, -0.25) is 4.79 Å². The number of aliphatic hydroxyl groups is 1. The van der Waals surface area contributed by atoms with E-state index in [2.05, 4.69) is 17.3 Å². The van der Waals surface area contributed by atoms with Crippen LogP contribution in [0.4, 0.5) is 4.79 Å². The lowest BCUT2D eigenvalue weighted by atomic mass is 10.0. The average Bonchev–Trinajstić information content (AvgIpc) is 2.45. The van der Waals surface area contributed by atoms with Crippen molar-refractivity contribution in [3.8, 4) is 12.0 Å². The fraction of sp³-hybridized carbons (Fsp3) is 0.750. The molecule has 0 heterocycles. The number of hydrogen-bond donors (Lipinski definition) is 2. The number of hydrogen-bond acceptors (Lipinski definition) is 6. The highest BCUT2D eigenvalue weighted by Gasteiger charge is 2.22. The van der Waals surface area contributed by atoms with Crippen molar-refractivity contribution in [1.29, 1.82) is 0 Å². The SMILES string of the molecule is CC#COCCNC(=O)OC(CC(O)CC)CC(C)OC(C)=O. The van der Waals surface area contributed by atoms with Gasteiger partial charge in [0.15, 0.2) is 0 Å². The number of amides is 1. The third-order valence-electron chi connectivity index (χ3n) is 2.89. The van der Waals surface area contributed by atoms with Gasteiger partial charge in [-0.15, -0.1) is 0 Å². The smallest absolute Gasteiger partial charge is 0.407 e. The van der Waals surface area contributed by atoms with E-state index >= 15 is 0 Å². The highest BCUT2D eigenvalue weighted by molar-refractivity contribution is 5.67. The molecule has 0 bridgehead atoms. The molecule has 0 aliphatic heterocycles. The lowest BCUT2D eigenvalue weighted by molar-refractivity contribution is -0.146. The molecule has 0 saturated carbocycles. The van der Waals surface area contributed by atoms with Crippen LogP contribution in [0, 0.1) is 12.0 Å². The number of rotatable bonds is 10. The molecular weight excluding hydrogens is 302 g/mol. The Kier molecular flexibility index (Phi) is 11.5. The van der Waals surface area contributed by atoms with E-state index in [-0.39, 0.29) is 19.6 Å². The van der Waals surface area contributed by atoms with E-state index in [4.69, 9.17) is 14.2 Å². The maximum absolute atomic E-state index is 11.7. The van der Waals surface area contributed by atoms with Crippen molar-refractivity contribution in [3.63, 3.8) is 0 Å². The Morgan fingerprint density at radius 2 is 1.96 bits per heavy atom. The largest absolute Gasteiger partial charge is 0.463 e. The quantitative estimate of drug-likeness (QED) is 0.359. The van der Waals surface area contributed by atoms with Crippen molar-refractivity contribution in [2.45, 2.75) is 65.3 Å². The minimum absolute atomic E-state index is 0.252. The van der Waals surface area contributed by atoms with Crippen molar-refractivity contribution in [2.75, 3.05) is 13.2 Å². The second kappa shape index (κ2) is 12.6. The minimum Gasteiger partial charge on any atom is -0.463 e. The number of carbonyl (C=O) groups is 2. The summed E-state index contributed by atoms with van der Waals surface area (Å²) >= 11 is 0. The van der Waals surface area contributed by atoms with E-state index < -0.39 is 30.4 Å². The fourth-order valence-corrected chi connectivity index (χ4v) is 1.88. The summed E-state index contributed by atoms with van der Waals surface area (Å²) in [6, 6.07) is 0. The van der Waals surface area contributed by atoms with Crippen molar-refractivity contribution in [1.82, 2.24) is 5.32 Å². The molecule has 0 aliphatic rings. The molecule has 3 unspecified atom stereocenters. The van der Waals surface area contributed by atoms with E-state index in [1.807, 2.05) is 6.92 Å².